The van der Waals surface area contributed by atoms with E-state index in [1.54, 1.807) is 30.3 Å². The summed E-state index contributed by atoms with van der Waals surface area (Å²) in [6.45, 7) is 3.71. The Kier molecular flexibility index (Phi) is 4.74. The second-order valence-corrected chi connectivity index (χ2v) is 6.98. The van der Waals surface area contributed by atoms with E-state index in [9.17, 15) is 9.59 Å². The third-order valence-electron chi connectivity index (χ3n) is 4.45. The van der Waals surface area contributed by atoms with Crippen LogP contribution in [0.15, 0.2) is 48.7 Å². The molecule has 1 amide bonds. The normalized spacial score (nSPS) is 11.4. The number of carbonyl (C=O) groups excluding carboxylic acids is 2. The molecular formula is C20H19ClN2O3. The van der Waals surface area contributed by atoms with Gasteiger partial charge in [0.1, 0.15) is 0 Å². The van der Waals surface area contributed by atoms with Gasteiger partial charge in [0.2, 0.25) is 5.91 Å². The van der Waals surface area contributed by atoms with E-state index in [0.29, 0.717) is 16.3 Å². The monoisotopic (exact) mass is 370 g/mol. The van der Waals surface area contributed by atoms with Gasteiger partial charge in [0, 0.05) is 27.8 Å². The minimum Gasteiger partial charge on any atom is -0.465 e. The van der Waals surface area contributed by atoms with Crippen LogP contribution < -0.4 is 5.32 Å². The zero-order chi connectivity index (χ0) is 18.9. The van der Waals surface area contributed by atoms with Crippen LogP contribution in [0, 0.1) is 0 Å². The van der Waals surface area contributed by atoms with Gasteiger partial charge in [-0.25, -0.2) is 4.79 Å². The van der Waals surface area contributed by atoms with Crippen LogP contribution in [0.5, 0.6) is 0 Å². The van der Waals surface area contributed by atoms with E-state index >= 15 is 0 Å². The van der Waals surface area contributed by atoms with Crippen LogP contribution in [0.25, 0.3) is 10.9 Å². The lowest BCUT2D eigenvalue weighted by molar-refractivity contribution is -0.120. The van der Waals surface area contributed by atoms with Gasteiger partial charge in [-0.2, -0.15) is 0 Å². The summed E-state index contributed by atoms with van der Waals surface area (Å²) in [4.78, 5) is 27.6. The molecule has 1 heterocycles. The first-order valence-electron chi connectivity index (χ1n) is 8.10. The lowest BCUT2D eigenvalue weighted by Gasteiger charge is -2.23. The molecule has 0 bridgehead atoms. The molecule has 6 heteroatoms. The van der Waals surface area contributed by atoms with Crippen molar-refractivity contribution in [3.63, 3.8) is 0 Å². The lowest BCUT2D eigenvalue weighted by atomic mass is 9.83. The molecule has 0 aliphatic carbocycles. The Morgan fingerprint density at radius 1 is 1.12 bits per heavy atom. The van der Waals surface area contributed by atoms with E-state index in [4.69, 9.17) is 11.6 Å². The number of nitrogens with one attached hydrogen (secondary N) is 2. The van der Waals surface area contributed by atoms with E-state index in [1.165, 1.54) is 7.11 Å². The third kappa shape index (κ3) is 3.30. The number of anilines is 1. The smallest absolute Gasteiger partial charge is 0.337 e. The molecule has 0 radical (unpaired) electrons. The number of ether oxygens (including phenoxy) is 1. The van der Waals surface area contributed by atoms with Crippen LogP contribution in [-0.2, 0) is 14.9 Å². The van der Waals surface area contributed by atoms with Crippen LogP contribution in [-0.4, -0.2) is 24.0 Å². The van der Waals surface area contributed by atoms with E-state index in [1.807, 2.05) is 32.2 Å². The van der Waals surface area contributed by atoms with Gasteiger partial charge in [-0.15, -0.1) is 0 Å². The number of esters is 1. The topological polar surface area (TPSA) is 71.2 Å². The fourth-order valence-corrected chi connectivity index (χ4v) is 3.00. The van der Waals surface area contributed by atoms with Crippen molar-refractivity contribution in [2.45, 2.75) is 19.3 Å². The van der Waals surface area contributed by atoms with Gasteiger partial charge in [0.05, 0.1) is 18.1 Å². The van der Waals surface area contributed by atoms with E-state index in [2.05, 4.69) is 15.0 Å². The predicted molar refractivity (Wildman–Crippen MR) is 103 cm³/mol. The van der Waals surface area contributed by atoms with Crippen LogP contribution in [0.3, 0.4) is 0 Å². The minimum absolute atomic E-state index is 0.163. The van der Waals surface area contributed by atoms with Crippen molar-refractivity contribution < 1.29 is 14.3 Å². The van der Waals surface area contributed by atoms with Crippen molar-refractivity contribution in [2.24, 2.45) is 0 Å². The van der Waals surface area contributed by atoms with E-state index in [0.717, 1.165) is 16.5 Å². The van der Waals surface area contributed by atoms with Gasteiger partial charge in [-0.1, -0.05) is 11.6 Å². The number of H-pyrrole nitrogens is 1. The quantitative estimate of drug-likeness (QED) is 0.663. The Bertz CT molecular complexity index is 974. The summed E-state index contributed by atoms with van der Waals surface area (Å²) in [5.41, 5.74) is 2.03. The Hall–Kier alpha value is -2.79. The van der Waals surface area contributed by atoms with Gasteiger partial charge < -0.3 is 15.0 Å². The first-order valence-corrected chi connectivity index (χ1v) is 8.47. The highest BCUT2D eigenvalue weighted by Gasteiger charge is 2.32. The highest BCUT2D eigenvalue weighted by Crippen LogP contribution is 2.33. The summed E-state index contributed by atoms with van der Waals surface area (Å²) in [5, 5.41) is 4.43. The molecule has 26 heavy (non-hydrogen) atoms. The maximum atomic E-state index is 12.9. The van der Waals surface area contributed by atoms with Gasteiger partial charge in [0.15, 0.2) is 0 Å². The molecule has 0 spiro atoms. The second-order valence-electron chi connectivity index (χ2n) is 6.54. The number of benzene rings is 2. The molecule has 3 rings (SSSR count). The summed E-state index contributed by atoms with van der Waals surface area (Å²) in [6.07, 6.45) is 1.83. The number of halogens is 1. The van der Waals surface area contributed by atoms with E-state index < -0.39 is 11.4 Å². The Balaban J connectivity index is 1.85. The molecule has 0 atom stereocenters. The van der Waals surface area contributed by atoms with Crippen LogP contribution in [0.1, 0.15) is 29.8 Å². The molecule has 2 aromatic carbocycles. The predicted octanol–water partition coefficient (Wildman–Crippen LogP) is 4.52. The van der Waals surface area contributed by atoms with Crippen molar-refractivity contribution >= 4 is 40.1 Å². The maximum Gasteiger partial charge on any atom is 0.337 e. The maximum absolute atomic E-state index is 12.9. The molecule has 0 aliphatic heterocycles. The summed E-state index contributed by atoms with van der Waals surface area (Å²) < 4.78 is 4.67. The van der Waals surface area contributed by atoms with Crippen LogP contribution in [0.2, 0.25) is 5.02 Å². The van der Waals surface area contributed by atoms with E-state index in [-0.39, 0.29) is 5.91 Å². The first kappa shape index (κ1) is 18.0. The Morgan fingerprint density at radius 3 is 2.46 bits per heavy atom. The number of hydrogen-bond acceptors (Lipinski definition) is 3. The fraction of sp³-hybridized carbons (Fsp3) is 0.200. The largest absolute Gasteiger partial charge is 0.465 e. The molecule has 0 aliphatic rings. The van der Waals surface area contributed by atoms with Crippen molar-refractivity contribution in [1.82, 2.24) is 4.98 Å². The van der Waals surface area contributed by atoms with Gasteiger partial charge in [-0.3, -0.25) is 4.79 Å². The molecule has 3 aromatic rings. The summed E-state index contributed by atoms with van der Waals surface area (Å²) in [7, 11) is 1.33. The Morgan fingerprint density at radius 2 is 1.81 bits per heavy atom. The summed E-state index contributed by atoms with van der Waals surface area (Å²) in [5.74, 6) is -0.580. The number of fused-ring (bicyclic) bond motifs is 1. The summed E-state index contributed by atoms with van der Waals surface area (Å²) >= 11 is 6.11. The van der Waals surface area contributed by atoms with Gasteiger partial charge in [0.25, 0.3) is 0 Å². The zero-order valence-electron chi connectivity index (χ0n) is 14.7. The second kappa shape index (κ2) is 6.84. The number of methoxy groups -OCH3 is 1. The zero-order valence-corrected chi connectivity index (χ0v) is 15.5. The number of rotatable bonds is 4. The standard InChI is InChI=1S/C20H19ClN2O3/c1-20(2,16-11-22-17-9-6-13(21)10-15(16)17)19(25)23-14-7-4-12(5-8-14)18(24)26-3/h4-11,22H,1-3H3,(H,23,25). The number of amides is 1. The molecule has 0 saturated heterocycles. The number of hydrogen-bond donors (Lipinski definition) is 2. The van der Waals surface area contributed by atoms with Crippen molar-refractivity contribution in [3.8, 4) is 0 Å². The Labute approximate surface area is 156 Å². The van der Waals surface area contributed by atoms with Crippen LogP contribution in [0.4, 0.5) is 5.69 Å². The molecule has 134 valence electrons. The SMILES string of the molecule is COC(=O)c1ccc(NC(=O)C(C)(C)c2c[nH]c3ccc(Cl)cc23)cc1. The highest BCUT2D eigenvalue weighted by molar-refractivity contribution is 6.31. The number of aromatic amines is 1. The van der Waals surface area contributed by atoms with Crippen molar-refractivity contribution in [1.29, 1.82) is 0 Å². The molecule has 0 fully saturated rings. The van der Waals surface area contributed by atoms with Gasteiger partial charge in [-0.05, 0) is 61.9 Å². The lowest BCUT2D eigenvalue weighted by Crippen LogP contribution is -2.34. The molecule has 2 N–H and O–H groups in total. The molecule has 5 nitrogen and oxygen atoms in total. The average Bonchev–Trinajstić information content (AvgIpc) is 3.05. The first-order chi connectivity index (χ1) is 12.3. The van der Waals surface area contributed by atoms with Crippen molar-refractivity contribution in [2.75, 3.05) is 12.4 Å². The van der Waals surface area contributed by atoms with Crippen molar-refractivity contribution in [3.05, 3.63) is 64.8 Å². The van der Waals surface area contributed by atoms with Crippen LogP contribution >= 0.6 is 11.6 Å². The highest BCUT2D eigenvalue weighted by atomic mass is 35.5. The molecular weight excluding hydrogens is 352 g/mol. The van der Waals surface area contributed by atoms with Gasteiger partial charge >= 0.3 is 5.97 Å². The number of carbonyl (C=O) groups is 2. The number of aromatic nitrogens is 1. The average molecular weight is 371 g/mol. The third-order valence-corrected chi connectivity index (χ3v) is 4.68. The molecule has 0 unspecified atom stereocenters. The minimum atomic E-state index is -0.788. The molecule has 1 aromatic heterocycles. The molecule has 0 saturated carbocycles. The summed E-state index contributed by atoms with van der Waals surface area (Å²) in [6, 6.07) is 12.1. The fourth-order valence-electron chi connectivity index (χ4n) is 2.83.